The zero-order valence-electron chi connectivity index (χ0n) is 10.2. The second kappa shape index (κ2) is 5.28. The van der Waals surface area contributed by atoms with Gasteiger partial charge in [0.1, 0.15) is 0 Å². The number of halogens is 4. The number of sulfonamides is 1. The number of rotatable bonds is 2. The second-order valence-corrected chi connectivity index (χ2v) is 7.37. The molecule has 1 saturated heterocycles. The number of benzene rings is 1. The molecule has 4 nitrogen and oxygen atoms in total. The smallest absolute Gasteiger partial charge is 0.326 e. The molecule has 0 unspecified atom stereocenters. The molecular formula is C11H12BrF3N2O2S. The van der Waals surface area contributed by atoms with Crippen molar-refractivity contribution in [3.05, 3.63) is 28.2 Å². The minimum atomic E-state index is -4.74. The van der Waals surface area contributed by atoms with E-state index in [1.165, 1.54) is 6.07 Å². The highest BCUT2D eigenvalue weighted by Gasteiger charge is 2.40. The lowest BCUT2D eigenvalue weighted by Crippen LogP contribution is -2.33. The van der Waals surface area contributed by atoms with Crippen LogP contribution >= 0.6 is 15.9 Å². The monoisotopic (exact) mass is 372 g/mol. The SMILES string of the molecule is N[C@H]1CCN(S(=O)(=O)c2ccc(Br)cc2C(F)(F)F)C1. The summed E-state index contributed by atoms with van der Waals surface area (Å²) in [6.07, 6.45) is -4.30. The van der Waals surface area contributed by atoms with Crippen LogP contribution < -0.4 is 5.73 Å². The number of nitrogens with two attached hydrogens (primary N) is 1. The molecule has 0 spiro atoms. The lowest BCUT2D eigenvalue weighted by molar-refractivity contribution is -0.140. The van der Waals surface area contributed by atoms with Gasteiger partial charge in [-0.25, -0.2) is 8.42 Å². The summed E-state index contributed by atoms with van der Waals surface area (Å²) < 4.78 is 64.8. The molecule has 0 amide bonds. The zero-order chi connectivity index (χ0) is 15.1. The van der Waals surface area contributed by atoms with Gasteiger partial charge < -0.3 is 5.73 Å². The summed E-state index contributed by atoms with van der Waals surface area (Å²) >= 11 is 2.92. The van der Waals surface area contributed by atoms with Gasteiger partial charge in [0, 0.05) is 23.6 Å². The molecule has 0 saturated carbocycles. The van der Waals surface area contributed by atoms with Gasteiger partial charge in [0.2, 0.25) is 10.0 Å². The highest BCUT2D eigenvalue weighted by Crippen LogP contribution is 2.37. The van der Waals surface area contributed by atoms with E-state index in [1.54, 1.807) is 0 Å². The molecule has 0 aliphatic carbocycles. The van der Waals surface area contributed by atoms with Crippen LogP contribution in [0.4, 0.5) is 13.2 Å². The third-order valence-electron chi connectivity index (χ3n) is 3.05. The number of hydrogen-bond donors (Lipinski definition) is 1. The van der Waals surface area contributed by atoms with E-state index >= 15 is 0 Å². The molecule has 1 aliphatic heterocycles. The second-order valence-electron chi connectivity index (χ2n) is 4.55. The fourth-order valence-corrected chi connectivity index (χ4v) is 4.13. The van der Waals surface area contributed by atoms with Crippen molar-refractivity contribution in [3.8, 4) is 0 Å². The van der Waals surface area contributed by atoms with Crippen LogP contribution in [0.2, 0.25) is 0 Å². The molecule has 1 aromatic carbocycles. The van der Waals surface area contributed by atoms with E-state index in [0.29, 0.717) is 6.42 Å². The van der Waals surface area contributed by atoms with Gasteiger partial charge in [0.05, 0.1) is 10.5 Å². The highest BCUT2D eigenvalue weighted by atomic mass is 79.9. The van der Waals surface area contributed by atoms with E-state index in [1.807, 2.05) is 0 Å². The summed E-state index contributed by atoms with van der Waals surface area (Å²) in [7, 11) is -4.19. The Bertz CT molecular complexity index is 619. The van der Waals surface area contributed by atoms with Gasteiger partial charge in [-0.05, 0) is 24.6 Å². The Kier molecular flexibility index (Phi) is 4.16. The molecule has 2 rings (SSSR count). The van der Waals surface area contributed by atoms with Crippen LogP contribution in [-0.2, 0) is 16.2 Å². The molecule has 1 aromatic rings. The third kappa shape index (κ3) is 3.00. The molecule has 0 radical (unpaired) electrons. The maximum Gasteiger partial charge on any atom is 0.417 e. The van der Waals surface area contributed by atoms with Crippen LogP contribution in [0.1, 0.15) is 12.0 Å². The van der Waals surface area contributed by atoms with Crippen LogP contribution in [0.15, 0.2) is 27.6 Å². The van der Waals surface area contributed by atoms with E-state index in [9.17, 15) is 21.6 Å². The molecule has 1 atom stereocenters. The Hall–Kier alpha value is -0.640. The number of nitrogens with zero attached hydrogens (tertiary/aromatic N) is 1. The van der Waals surface area contributed by atoms with Crippen molar-refractivity contribution in [3.63, 3.8) is 0 Å². The third-order valence-corrected chi connectivity index (χ3v) is 5.47. The average molecular weight is 373 g/mol. The average Bonchev–Trinajstić information content (AvgIpc) is 2.75. The molecule has 112 valence electrons. The Labute approximate surface area is 122 Å². The fourth-order valence-electron chi connectivity index (χ4n) is 2.06. The largest absolute Gasteiger partial charge is 0.417 e. The minimum Gasteiger partial charge on any atom is -0.326 e. The normalized spacial score (nSPS) is 21.4. The zero-order valence-corrected chi connectivity index (χ0v) is 12.6. The molecular weight excluding hydrogens is 361 g/mol. The molecule has 1 heterocycles. The summed E-state index contributed by atoms with van der Waals surface area (Å²) in [6.45, 7) is 0.173. The van der Waals surface area contributed by atoms with Crippen LogP contribution in [0, 0.1) is 0 Å². The van der Waals surface area contributed by atoms with E-state index in [2.05, 4.69) is 15.9 Å². The predicted molar refractivity (Wildman–Crippen MR) is 70.5 cm³/mol. The van der Waals surface area contributed by atoms with Crippen LogP contribution in [0.25, 0.3) is 0 Å². The summed E-state index contributed by atoms with van der Waals surface area (Å²) in [5.74, 6) is 0. The molecule has 0 aromatic heterocycles. The van der Waals surface area contributed by atoms with Gasteiger partial charge in [-0.1, -0.05) is 15.9 Å². The van der Waals surface area contributed by atoms with Crippen molar-refractivity contribution in [1.82, 2.24) is 4.31 Å². The van der Waals surface area contributed by atoms with Gasteiger partial charge >= 0.3 is 6.18 Å². The number of alkyl halides is 3. The van der Waals surface area contributed by atoms with Gasteiger partial charge in [0.25, 0.3) is 0 Å². The summed E-state index contributed by atoms with van der Waals surface area (Å²) in [5.41, 5.74) is 4.44. The van der Waals surface area contributed by atoms with Crippen molar-refractivity contribution in [2.24, 2.45) is 5.73 Å². The van der Waals surface area contributed by atoms with Crippen molar-refractivity contribution in [2.75, 3.05) is 13.1 Å². The molecule has 1 fully saturated rings. The Balaban J connectivity index is 2.52. The standard InChI is InChI=1S/C11H12BrF3N2O2S/c12-7-1-2-10(9(5-7)11(13,14)15)20(18,19)17-4-3-8(16)6-17/h1-2,5,8H,3-4,6,16H2/t8-/m0/s1. The van der Waals surface area contributed by atoms with E-state index in [-0.39, 0.29) is 23.6 Å². The number of hydrogen-bond acceptors (Lipinski definition) is 3. The minimum absolute atomic E-state index is 0.0374. The summed E-state index contributed by atoms with van der Waals surface area (Å²) in [4.78, 5) is -0.734. The van der Waals surface area contributed by atoms with Crippen molar-refractivity contribution in [2.45, 2.75) is 23.5 Å². The maximum absolute atomic E-state index is 13.0. The fraction of sp³-hybridized carbons (Fsp3) is 0.455. The Morgan fingerprint density at radius 1 is 1.35 bits per heavy atom. The van der Waals surface area contributed by atoms with Gasteiger partial charge in [-0.2, -0.15) is 17.5 Å². The van der Waals surface area contributed by atoms with Crippen LogP contribution in [0.3, 0.4) is 0 Å². The first kappa shape index (κ1) is 15.7. The lowest BCUT2D eigenvalue weighted by Gasteiger charge is -2.19. The topological polar surface area (TPSA) is 63.4 Å². The summed E-state index contributed by atoms with van der Waals surface area (Å²) in [5, 5.41) is 0. The van der Waals surface area contributed by atoms with Crippen molar-refractivity contribution >= 4 is 26.0 Å². The van der Waals surface area contributed by atoms with Gasteiger partial charge in [-0.3, -0.25) is 0 Å². The highest BCUT2D eigenvalue weighted by molar-refractivity contribution is 9.10. The first-order valence-corrected chi connectivity index (χ1v) is 7.98. The Morgan fingerprint density at radius 3 is 2.50 bits per heavy atom. The van der Waals surface area contributed by atoms with E-state index in [0.717, 1.165) is 16.4 Å². The van der Waals surface area contributed by atoms with Gasteiger partial charge in [-0.15, -0.1) is 0 Å². The first-order valence-electron chi connectivity index (χ1n) is 5.75. The van der Waals surface area contributed by atoms with Gasteiger partial charge in [0.15, 0.2) is 0 Å². The molecule has 1 aliphatic rings. The van der Waals surface area contributed by atoms with Crippen molar-refractivity contribution < 1.29 is 21.6 Å². The molecule has 9 heteroatoms. The van der Waals surface area contributed by atoms with Crippen LogP contribution in [-0.4, -0.2) is 31.9 Å². The molecule has 0 bridgehead atoms. The first-order chi connectivity index (χ1) is 9.12. The van der Waals surface area contributed by atoms with Crippen molar-refractivity contribution in [1.29, 1.82) is 0 Å². The van der Waals surface area contributed by atoms with E-state index in [4.69, 9.17) is 5.73 Å². The summed E-state index contributed by atoms with van der Waals surface area (Å²) in [6, 6.07) is 2.67. The maximum atomic E-state index is 13.0. The Morgan fingerprint density at radius 2 is 2.00 bits per heavy atom. The quantitative estimate of drug-likeness (QED) is 0.865. The van der Waals surface area contributed by atoms with Crippen LogP contribution in [0.5, 0.6) is 0 Å². The predicted octanol–water partition coefficient (Wildman–Crippen LogP) is 2.19. The van der Waals surface area contributed by atoms with E-state index < -0.39 is 26.7 Å². The lowest BCUT2D eigenvalue weighted by atomic mass is 10.2. The molecule has 2 N–H and O–H groups in total. The molecule has 20 heavy (non-hydrogen) atoms.